The largest absolute Gasteiger partial charge is 0.493 e. The average molecular weight is 407 g/mol. The lowest BCUT2D eigenvalue weighted by molar-refractivity contribution is -0.127. The summed E-state index contributed by atoms with van der Waals surface area (Å²) in [7, 11) is 3.23. The van der Waals surface area contributed by atoms with E-state index in [1.807, 2.05) is 54.3 Å². The normalized spacial score (nSPS) is 16.2. The van der Waals surface area contributed by atoms with E-state index in [9.17, 15) is 4.79 Å². The van der Waals surface area contributed by atoms with E-state index in [0.717, 1.165) is 23.1 Å². The van der Waals surface area contributed by atoms with Gasteiger partial charge in [-0.2, -0.15) is 4.98 Å². The highest BCUT2D eigenvalue weighted by atomic mass is 16.5. The van der Waals surface area contributed by atoms with Crippen LogP contribution in [0.25, 0.3) is 11.5 Å². The van der Waals surface area contributed by atoms with Crippen LogP contribution in [0, 0.1) is 6.92 Å². The molecule has 0 N–H and O–H groups in total. The van der Waals surface area contributed by atoms with Crippen LogP contribution in [0.4, 0.5) is 0 Å². The zero-order chi connectivity index (χ0) is 21.1. The minimum absolute atomic E-state index is 0.0507. The van der Waals surface area contributed by atoms with Gasteiger partial charge in [0, 0.05) is 31.0 Å². The monoisotopic (exact) mass is 407 g/mol. The summed E-state index contributed by atoms with van der Waals surface area (Å²) in [6.07, 6.45) is 1.14. The van der Waals surface area contributed by atoms with E-state index in [0.29, 0.717) is 42.7 Å². The molecule has 3 aromatic rings. The summed E-state index contributed by atoms with van der Waals surface area (Å²) < 4.78 is 16.1. The SMILES string of the molecule is COc1ccc(CCN2CC(c3noc(-c4cccc(C)c4)n3)CC2=O)cc1OC. The summed E-state index contributed by atoms with van der Waals surface area (Å²) in [5.74, 6) is 2.53. The fourth-order valence-corrected chi connectivity index (χ4v) is 3.76. The van der Waals surface area contributed by atoms with Crippen molar-refractivity contribution >= 4 is 5.91 Å². The Balaban J connectivity index is 1.40. The molecule has 1 fully saturated rings. The molecular formula is C23H25N3O4. The van der Waals surface area contributed by atoms with E-state index in [1.54, 1.807) is 14.2 Å². The Morgan fingerprint density at radius 2 is 1.97 bits per heavy atom. The minimum atomic E-state index is -0.0507. The number of rotatable bonds is 7. The topological polar surface area (TPSA) is 77.7 Å². The zero-order valence-corrected chi connectivity index (χ0v) is 17.4. The lowest BCUT2D eigenvalue weighted by atomic mass is 10.1. The van der Waals surface area contributed by atoms with Gasteiger partial charge in [0.25, 0.3) is 5.89 Å². The Morgan fingerprint density at radius 3 is 2.73 bits per heavy atom. The third-order valence-corrected chi connectivity index (χ3v) is 5.40. The lowest BCUT2D eigenvalue weighted by Gasteiger charge is -2.16. The highest BCUT2D eigenvalue weighted by molar-refractivity contribution is 5.79. The number of aryl methyl sites for hydroxylation is 1. The van der Waals surface area contributed by atoms with Gasteiger partial charge in [0.05, 0.1) is 14.2 Å². The molecular weight excluding hydrogens is 382 g/mol. The van der Waals surface area contributed by atoms with Gasteiger partial charge in [0.2, 0.25) is 5.91 Å². The predicted octanol–water partition coefficient (Wildman–Crippen LogP) is 3.62. The van der Waals surface area contributed by atoms with Gasteiger partial charge in [-0.3, -0.25) is 4.79 Å². The van der Waals surface area contributed by atoms with Crippen LogP contribution < -0.4 is 9.47 Å². The molecule has 1 atom stereocenters. The fraction of sp³-hybridized carbons (Fsp3) is 0.348. The van der Waals surface area contributed by atoms with Crippen molar-refractivity contribution in [3.8, 4) is 23.0 Å². The molecule has 0 saturated carbocycles. The van der Waals surface area contributed by atoms with Crippen LogP contribution in [0.5, 0.6) is 11.5 Å². The summed E-state index contributed by atoms with van der Waals surface area (Å²) in [4.78, 5) is 18.9. The third kappa shape index (κ3) is 4.15. The number of hydrogen-bond donors (Lipinski definition) is 0. The first kappa shape index (κ1) is 19.9. The molecule has 0 radical (unpaired) electrons. The maximum absolute atomic E-state index is 12.5. The molecule has 1 unspecified atom stereocenters. The number of amides is 1. The molecule has 4 rings (SSSR count). The van der Waals surface area contributed by atoms with Crippen molar-refractivity contribution in [3.63, 3.8) is 0 Å². The molecule has 1 aliphatic heterocycles. The molecule has 7 heteroatoms. The van der Waals surface area contributed by atoms with Gasteiger partial charge in [-0.05, 0) is 43.2 Å². The molecule has 0 bridgehead atoms. The van der Waals surface area contributed by atoms with Crippen LogP contribution >= 0.6 is 0 Å². The molecule has 2 aromatic carbocycles. The van der Waals surface area contributed by atoms with E-state index in [1.165, 1.54) is 0 Å². The number of methoxy groups -OCH3 is 2. The molecule has 1 saturated heterocycles. The van der Waals surface area contributed by atoms with E-state index in [2.05, 4.69) is 10.1 Å². The maximum atomic E-state index is 12.5. The number of nitrogens with zero attached hydrogens (tertiary/aromatic N) is 3. The van der Waals surface area contributed by atoms with Crippen molar-refractivity contribution in [1.82, 2.24) is 15.0 Å². The van der Waals surface area contributed by atoms with Gasteiger partial charge in [0.1, 0.15) is 0 Å². The van der Waals surface area contributed by atoms with Crippen LogP contribution in [0.2, 0.25) is 0 Å². The molecule has 7 nitrogen and oxygen atoms in total. The quantitative estimate of drug-likeness (QED) is 0.595. The van der Waals surface area contributed by atoms with Crippen molar-refractivity contribution in [1.29, 1.82) is 0 Å². The molecule has 1 amide bonds. The molecule has 2 heterocycles. The number of likely N-dealkylation sites (tertiary alicyclic amines) is 1. The van der Waals surface area contributed by atoms with Gasteiger partial charge in [0.15, 0.2) is 17.3 Å². The first-order valence-corrected chi connectivity index (χ1v) is 9.96. The number of hydrogen-bond acceptors (Lipinski definition) is 6. The highest BCUT2D eigenvalue weighted by Crippen LogP contribution is 2.30. The molecule has 30 heavy (non-hydrogen) atoms. The Hall–Kier alpha value is -3.35. The summed E-state index contributed by atoms with van der Waals surface area (Å²) >= 11 is 0. The second kappa shape index (κ2) is 8.57. The van der Waals surface area contributed by atoms with Crippen LogP contribution in [-0.4, -0.2) is 48.3 Å². The van der Waals surface area contributed by atoms with Crippen LogP contribution in [0.1, 0.15) is 29.3 Å². The van der Waals surface area contributed by atoms with E-state index in [-0.39, 0.29) is 11.8 Å². The summed E-state index contributed by atoms with van der Waals surface area (Å²) in [6.45, 7) is 3.25. The highest BCUT2D eigenvalue weighted by Gasteiger charge is 2.33. The standard InChI is InChI=1S/C23H25N3O4/c1-15-5-4-6-17(11-15)23-24-22(25-30-23)18-13-21(27)26(14-18)10-9-16-7-8-19(28-2)20(12-16)29-3/h4-8,11-12,18H,9-10,13-14H2,1-3H3. The molecule has 0 spiro atoms. The number of carbonyl (C=O) groups excluding carboxylic acids is 1. The van der Waals surface area contributed by atoms with Gasteiger partial charge in [-0.1, -0.05) is 28.9 Å². The number of ether oxygens (including phenoxy) is 2. The lowest BCUT2D eigenvalue weighted by Crippen LogP contribution is -2.27. The maximum Gasteiger partial charge on any atom is 0.257 e. The van der Waals surface area contributed by atoms with Gasteiger partial charge >= 0.3 is 0 Å². The van der Waals surface area contributed by atoms with Crippen LogP contribution in [0.15, 0.2) is 47.0 Å². The average Bonchev–Trinajstić information content (AvgIpc) is 3.39. The third-order valence-electron chi connectivity index (χ3n) is 5.40. The Morgan fingerprint density at radius 1 is 1.13 bits per heavy atom. The first-order chi connectivity index (χ1) is 14.6. The molecule has 1 aromatic heterocycles. The van der Waals surface area contributed by atoms with Crippen LogP contribution in [0.3, 0.4) is 0 Å². The number of aromatic nitrogens is 2. The Kier molecular flexibility index (Phi) is 5.70. The van der Waals surface area contributed by atoms with E-state index < -0.39 is 0 Å². The molecule has 156 valence electrons. The molecule has 1 aliphatic rings. The summed E-state index contributed by atoms with van der Waals surface area (Å²) in [5, 5.41) is 4.14. The van der Waals surface area contributed by atoms with E-state index >= 15 is 0 Å². The Labute approximate surface area is 175 Å². The van der Waals surface area contributed by atoms with Gasteiger partial charge in [-0.15, -0.1) is 0 Å². The smallest absolute Gasteiger partial charge is 0.257 e. The van der Waals surface area contributed by atoms with Crippen molar-refractivity contribution in [3.05, 3.63) is 59.4 Å². The second-order valence-electron chi connectivity index (χ2n) is 7.51. The predicted molar refractivity (Wildman–Crippen MR) is 112 cm³/mol. The minimum Gasteiger partial charge on any atom is -0.493 e. The first-order valence-electron chi connectivity index (χ1n) is 9.96. The molecule has 0 aliphatic carbocycles. The second-order valence-corrected chi connectivity index (χ2v) is 7.51. The van der Waals surface area contributed by atoms with Crippen molar-refractivity contribution in [2.45, 2.75) is 25.7 Å². The van der Waals surface area contributed by atoms with Gasteiger partial charge < -0.3 is 18.9 Å². The van der Waals surface area contributed by atoms with Crippen LogP contribution in [-0.2, 0) is 11.2 Å². The summed E-state index contributed by atoms with van der Waals surface area (Å²) in [5.41, 5.74) is 3.11. The van der Waals surface area contributed by atoms with E-state index in [4.69, 9.17) is 14.0 Å². The zero-order valence-electron chi connectivity index (χ0n) is 17.4. The fourth-order valence-electron chi connectivity index (χ4n) is 3.76. The van der Waals surface area contributed by atoms with Gasteiger partial charge in [-0.25, -0.2) is 0 Å². The number of carbonyl (C=O) groups is 1. The van der Waals surface area contributed by atoms with Crippen molar-refractivity contribution < 1.29 is 18.8 Å². The Bertz CT molecular complexity index is 1050. The van der Waals surface area contributed by atoms with Crippen molar-refractivity contribution in [2.75, 3.05) is 27.3 Å². The van der Waals surface area contributed by atoms with Crippen molar-refractivity contribution in [2.24, 2.45) is 0 Å². The number of benzene rings is 2. The summed E-state index contributed by atoms with van der Waals surface area (Å²) in [6, 6.07) is 13.8.